The summed E-state index contributed by atoms with van der Waals surface area (Å²) in [4.78, 5) is 5.97. The van der Waals surface area contributed by atoms with Crippen LogP contribution in [-0.4, -0.2) is 20.4 Å². The Balaban J connectivity index is 1.81. The van der Waals surface area contributed by atoms with Crippen molar-refractivity contribution in [1.29, 1.82) is 0 Å². The van der Waals surface area contributed by atoms with E-state index >= 15 is 0 Å². The zero-order valence-corrected chi connectivity index (χ0v) is 15.6. The van der Waals surface area contributed by atoms with Crippen molar-refractivity contribution in [2.45, 2.75) is 10.3 Å². The lowest BCUT2D eigenvalue weighted by Gasteiger charge is -2.13. The summed E-state index contributed by atoms with van der Waals surface area (Å²) in [6.07, 6.45) is 1.91. The first-order valence-electron chi connectivity index (χ1n) is 8.31. The lowest BCUT2D eigenvalue weighted by atomic mass is 10.2. The minimum Gasteiger partial charge on any atom is -0.497 e. The van der Waals surface area contributed by atoms with Crippen LogP contribution < -0.4 is 9.47 Å². The third kappa shape index (κ3) is 4.90. The van der Waals surface area contributed by atoms with E-state index in [1.165, 1.54) is 0 Å². The normalized spacial score (nSPS) is 12.1. The molecule has 3 aromatic carbocycles. The molecule has 0 heterocycles. The Morgan fingerprint density at radius 2 is 1.35 bits per heavy atom. The number of nitrogens with zero attached hydrogens (tertiary/aromatic N) is 1. The highest BCUT2D eigenvalue weighted by atomic mass is 32.2. The molecule has 0 aromatic heterocycles. The number of aliphatic imine (C=N–C) groups is 1. The van der Waals surface area contributed by atoms with Crippen LogP contribution in [0.2, 0.25) is 0 Å². The predicted molar refractivity (Wildman–Crippen MR) is 109 cm³/mol. The fourth-order valence-corrected chi connectivity index (χ4v) is 3.40. The van der Waals surface area contributed by atoms with Crippen molar-refractivity contribution in [2.75, 3.05) is 14.2 Å². The van der Waals surface area contributed by atoms with Crippen LogP contribution in [0.25, 0.3) is 0 Å². The Morgan fingerprint density at radius 1 is 0.769 bits per heavy atom. The molecule has 0 radical (unpaired) electrons. The minimum absolute atomic E-state index is 0.0216. The van der Waals surface area contributed by atoms with Crippen LogP contribution in [0.5, 0.6) is 11.5 Å². The smallest absolute Gasteiger partial charge is 0.125 e. The van der Waals surface area contributed by atoms with Gasteiger partial charge in [-0.15, -0.1) is 0 Å². The average molecular weight is 363 g/mol. The van der Waals surface area contributed by atoms with Gasteiger partial charge in [-0.3, -0.25) is 4.99 Å². The summed E-state index contributed by atoms with van der Waals surface area (Å²) in [7, 11) is 3.34. The zero-order chi connectivity index (χ0) is 18.2. The molecule has 1 unspecified atom stereocenters. The van der Waals surface area contributed by atoms with Gasteiger partial charge >= 0.3 is 0 Å². The Hall–Kier alpha value is -2.72. The topological polar surface area (TPSA) is 30.8 Å². The van der Waals surface area contributed by atoms with Crippen molar-refractivity contribution in [2.24, 2.45) is 4.99 Å². The predicted octanol–water partition coefficient (Wildman–Crippen LogP) is 5.61. The van der Waals surface area contributed by atoms with Gasteiger partial charge in [0.05, 0.1) is 14.2 Å². The SMILES string of the molecule is COc1ccc(/C=N/C(Sc2ccc(OC)cc2)c2ccccc2)cc1. The van der Waals surface area contributed by atoms with Gasteiger partial charge in [0, 0.05) is 11.1 Å². The summed E-state index contributed by atoms with van der Waals surface area (Å²) in [5.41, 5.74) is 2.21. The molecule has 0 aliphatic heterocycles. The van der Waals surface area contributed by atoms with Crippen molar-refractivity contribution >= 4 is 18.0 Å². The maximum Gasteiger partial charge on any atom is 0.125 e. The van der Waals surface area contributed by atoms with Crippen LogP contribution in [0, 0.1) is 0 Å². The molecule has 4 heteroatoms. The molecule has 0 saturated heterocycles. The Labute approximate surface area is 158 Å². The average Bonchev–Trinajstić information content (AvgIpc) is 2.72. The molecule has 3 rings (SSSR count). The molecular formula is C22H21NO2S. The fourth-order valence-electron chi connectivity index (χ4n) is 2.43. The number of rotatable bonds is 7. The number of thioether (sulfide) groups is 1. The summed E-state index contributed by atoms with van der Waals surface area (Å²) in [6, 6.07) is 26.3. The standard InChI is InChI=1S/C22H21NO2S/c1-24-19-10-8-17(9-11-19)16-23-22(18-6-4-3-5-7-18)26-21-14-12-20(25-2)13-15-21/h3-16,22H,1-2H3/b23-16+. The first kappa shape index (κ1) is 18.1. The van der Waals surface area contributed by atoms with Crippen LogP contribution in [0.4, 0.5) is 0 Å². The first-order chi connectivity index (χ1) is 12.8. The van der Waals surface area contributed by atoms with Crippen LogP contribution >= 0.6 is 11.8 Å². The van der Waals surface area contributed by atoms with Crippen molar-refractivity contribution < 1.29 is 9.47 Å². The van der Waals surface area contributed by atoms with Crippen molar-refractivity contribution in [3.8, 4) is 11.5 Å². The van der Waals surface area contributed by atoms with Crippen LogP contribution in [0.1, 0.15) is 16.5 Å². The quantitative estimate of drug-likeness (QED) is 0.403. The van der Waals surface area contributed by atoms with Crippen LogP contribution in [0.15, 0.2) is 88.8 Å². The van der Waals surface area contributed by atoms with E-state index in [0.29, 0.717) is 0 Å². The van der Waals surface area contributed by atoms with Gasteiger partial charge in [-0.1, -0.05) is 42.1 Å². The third-order valence-electron chi connectivity index (χ3n) is 3.87. The third-order valence-corrected chi connectivity index (χ3v) is 5.03. The van der Waals surface area contributed by atoms with Gasteiger partial charge < -0.3 is 9.47 Å². The highest BCUT2D eigenvalue weighted by molar-refractivity contribution is 7.99. The van der Waals surface area contributed by atoms with Gasteiger partial charge in [0.15, 0.2) is 0 Å². The van der Waals surface area contributed by atoms with E-state index in [4.69, 9.17) is 14.5 Å². The number of hydrogen-bond donors (Lipinski definition) is 0. The molecule has 1 atom stereocenters. The van der Waals surface area contributed by atoms with E-state index < -0.39 is 0 Å². The van der Waals surface area contributed by atoms with Crippen LogP contribution in [0.3, 0.4) is 0 Å². The van der Waals surface area contributed by atoms with Gasteiger partial charge in [-0.25, -0.2) is 0 Å². The molecule has 0 N–H and O–H groups in total. The molecule has 0 amide bonds. The summed E-state index contributed by atoms with van der Waals surface area (Å²) < 4.78 is 10.4. The first-order valence-corrected chi connectivity index (χ1v) is 9.19. The fraction of sp³-hybridized carbons (Fsp3) is 0.136. The molecule has 26 heavy (non-hydrogen) atoms. The van der Waals surface area contributed by atoms with Crippen molar-refractivity contribution in [1.82, 2.24) is 0 Å². The molecule has 0 bridgehead atoms. The van der Waals surface area contributed by atoms with Crippen molar-refractivity contribution in [3.63, 3.8) is 0 Å². The Bertz CT molecular complexity index is 830. The molecule has 0 spiro atoms. The molecule has 0 aliphatic carbocycles. The summed E-state index contributed by atoms with van der Waals surface area (Å²) in [5, 5.41) is -0.0216. The number of benzene rings is 3. The molecule has 0 saturated carbocycles. The Kier molecular flexibility index (Phi) is 6.34. The second-order valence-electron chi connectivity index (χ2n) is 5.61. The van der Waals surface area contributed by atoms with E-state index in [9.17, 15) is 0 Å². The van der Waals surface area contributed by atoms with Gasteiger partial charge in [0.1, 0.15) is 16.9 Å². The lowest BCUT2D eigenvalue weighted by Crippen LogP contribution is -1.93. The molecule has 3 nitrogen and oxygen atoms in total. The maximum absolute atomic E-state index is 5.23. The monoisotopic (exact) mass is 363 g/mol. The number of hydrogen-bond acceptors (Lipinski definition) is 4. The van der Waals surface area contributed by atoms with Gasteiger partial charge in [-0.2, -0.15) is 0 Å². The van der Waals surface area contributed by atoms with E-state index in [2.05, 4.69) is 24.3 Å². The maximum atomic E-state index is 5.23. The Morgan fingerprint density at radius 3 is 1.92 bits per heavy atom. The van der Waals surface area contributed by atoms with Crippen LogP contribution in [-0.2, 0) is 0 Å². The van der Waals surface area contributed by atoms with Crippen molar-refractivity contribution in [3.05, 3.63) is 90.0 Å². The van der Waals surface area contributed by atoms with Gasteiger partial charge in [-0.05, 0) is 59.7 Å². The van der Waals surface area contributed by atoms with Gasteiger partial charge in [0.25, 0.3) is 0 Å². The van der Waals surface area contributed by atoms with E-state index in [0.717, 1.165) is 27.5 Å². The van der Waals surface area contributed by atoms with E-state index in [1.54, 1.807) is 26.0 Å². The second-order valence-corrected chi connectivity index (χ2v) is 6.76. The zero-order valence-electron chi connectivity index (χ0n) is 14.8. The molecule has 132 valence electrons. The summed E-state index contributed by atoms with van der Waals surface area (Å²) >= 11 is 1.71. The highest BCUT2D eigenvalue weighted by Gasteiger charge is 2.11. The minimum atomic E-state index is -0.0216. The van der Waals surface area contributed by atoms with Gasteiger partial charge in [0.2, 0.25) is 0 Å². The molecule has 0 fully saturated rings. The molecule has 3 aromatic rings. The molecule has 0 aliphatic rings. The lowest BCUT2D eigenvalue weighted by molar-refractivity contribution is 0.414. The van der Waals surface area contributed by atoms with E-state index in [1.807, 2.05) is 60.8 Å². The molecular weight excluding hydrogens is 342 g/mol. The number of methoxy groups -OCH3 is 2. The van der Waals surface area contributed by atoms with E-state index in [-0.39, 0.29) is 5.37 Å². The highest BCUT2D eigenvalue weighted by Crippen LogP contribution is 2.36. The summed E-state index contributed by atoms with van der Waals surface area (Å²) in [5.74, 6) is 1.70. The largest absolute Gasteiger partial charge is 0.497 e. The summed E-state index contributed by atoms with van der Waals surface area (Å²) in [6.45, 7) is 0. The second kappa shape index (κ2) is 9.11. The number of ether oxygens (including phenoxy) is 2.